The number of piperidine rings is 1. The third-order valence-corrected chi connectivity index (χ3v) is 3.74. The minimum Gasteiger partial charge on any atom is -0.481 e. The van der Waals surface area contributed by atoms with E-state index in [1.165, 1.54) is 24.1 Å². The molecule has 0 amide bonds. The maximum Gasteiger partial charge on any atom is 0.307 e. The van der Waals surface area contributed by atoms with Gasteiger partial charge in [-0.25, -0.2) is 0 Å². The van der Waals surface area contributed by atoms with Gasteiger partial charge in [-0.2, -0.15) is 0 Å². The molecular formula is C15H21NO2. The van der Waals surface area contributed by atoms with Crippen LogP contribution in [0.15, 0.2) is 18.2 Å². The van der Waals surface area contributed by atoms with Crippen LogP contribution in [0.25, 0.3) is 0 Å². The Labute approximate surface area is 108 Å². The number of hydrogen-bond donors (Lipinski definition) is 1. The molecule has 0 radical (unpaired) electrons. The first-order chi connectivity index (χ1) is 8.56. The number of hydrogen-bond acceptors (Lipinski definition) is 2. The SMILES string of the molecule is Cc1cc(CC(=O)O)ccc1N1CCC(C)CC1. The molecule has 0 saturated carbocycles. The molecule has 2 rings (SSSR count). The second kappa shape index (κ2) is 5.42. The fourth-order valence-corrected chi connectivity index (χ4v) is 2.61. The fourth-order valence-electron chi connectivity index (χ4n) is 2.61. The van der Waals surface area contributed by atoms with Gasteiger partial charge in [0.25, 0.3) is 0 Å². The van der Waals surface area contributed by atoms with E-state index in [1.54, 1.807) is 0 Å². The summed E-state index contributed by atoms with van der Waals surface area (Å²) in [6.07, 6.45) is 2.60. The predicted octanol–water partition coefficient (Wildman–Crippen LogP) is 2.86. The summed E-state index contributed by atoms with van der Waals surface area (Å²) in [6, 6.07) is 6.01. The van der Waals surface area contributed by atoms with Crippen molar-refractivity contribution in [2.24, 2.45) is 5.92 Å². The third-order valence-electron chi connectivity index (χ3n) is 3.74. The van der Waals surface area contributed by atoms with Crippen molar-refractivity contribution in [2.45, 2.75) is 33.1 Å². The van der Waals surface area contributed by atoms with Crippen LogP contribution in [0.5, 0.6) is 0 Å². The van der Waals surface area contributed by atoms with Crippen LogP contribution in [0.4, 0.5) is 5.69 Å². The van der Waals surface area contributed by atoms with Crippen LogP contribution in [0.3, 0.4) is 0 Å². The lowest BCUT2D eigenvalue weighted by molar-refractivity contribution is -0.136. The van der Waals surface area contributed by atoms with Gasteiger partial charge in [0, 0.05) is 18.8 Å². The van der Waals surface area contributed by atoms with Crippen molar-refractivity contribution in [2.75, 3.05) is 18.0 Å². The molecule has 1 heterocycles. The van der Waals surface area contributed by atoms with Gasteiger partial charge in [0.05, 0.1) is 6.42 Å². The van der Waals surface area contributed by atoms with Gasteiger partial charge in [0.1, 0.15) is 0 Å². The topological polar surface area (TPSA) is 40.5 Å². The number of rotatable bonds is 3. The standard InChI is InChI=1S/C15H21NO2/c1-11-5-7-16(8-6-11)14-4-3-13(9-12(14)2)10-15(17)18/h3-4,9,11H,5-8,10H2,1-2H3,(H,17,18). The van der Waals surface area contributed by atoms with E-state index in [0.29, 0.717) is 0 Å². The van der Waals surface area contributed by atoms with E-state index in [0.717, 1.165) is 24.6 Å². The monoisotopic (exact) mass is 247 g/mol. The number of aliphatic carboxylic acids is 1. The second-order valence-corrected chi connectivity index (χ2v) is 5.36. The smallest absolute Gasteiger partial charge is 0.307 e. The molecule has 1 N–H and O–H groups in total. The maximum atomic E-state index is 10.7. The Kier molecular flexibility index (Phi) is 3.90. The lowest BCUT2D eigenvalue weighted by Gasteiger charge is -2.33. The molecule has 18 heavy (non-hydrogen) atoms. The van der Waals surface area contributed by atoms with E-state index in [-0.39, 0.29) is 6.42 Å². The second-order valence-electron chi connectivity index (χ2n) is 5.36. The Balaban J connectivity index is 2.12. The molecule has 3 heteroatoms. The zero-order valence-electron chi connectivity index (χ0n) is 11.1. The summed E-state index contributed by atoms with van der Waals surface area (Å²) in [5, 5.41) is 8.79. The summed E-state index contributed by atoms with van der Waals surface area (Å²) in [6.45, 7) is 6.60. The molecule has 98 valence electrons. The van der Waals surface area contributed by atoms with E-state index in [9.17, 15) is 4.79 Å². The highest BCUT2D eigenvalue weighted by Gasteiger charge is 2.17. The maximum absolute atomic E-state index is 10.7. The van der Waals surface area contributed by atoms with Crippen LogP contribution >= 0.6 is 0 Å². The zero-order valence-corrected chi connectivity index (χ0v) is 11.1. The van der Waals surface area contributed by atoms with Crippen molar-refractivity contribution >= 4 is 11.7 Å². The number of nitrogens with zero attached hydrogens (tertiary/aromatic N) is 1. The molecule has 0 aromatic heterocycles. The molecular weight excluding hydrogens is 226 g/mol. The summed E-state index contributed by atoms with van der Waals surface area (Å²) >= 11 is 0. The first kappa shape index (κ1) is 12.9. The minimum atomic E-state index is -0.769. The largest absolute Gasteiger partial charge is 0.481 e. The van der Waals surface area contributed by atoms with Crippen LogP contribution in [0.2, 0.25) is 0 Å². The molecule has 1 fully saturated rings. The molecule has 1 aliphatic heterocycles. The predicted molar refractivity (Wildman–Crippen MR) is 73.1 cm³/mol. The Bertz CT molecular complexity index is 434. The van der Waals surface area contributed by atoms with E-state index in [1.807, 2.05) is 12.1 Å². The van der Waals surface area contributed by atoms with Gasteiger partial charge in [0.15, 0.2) is 0 Å². The highest BCUT2D eigenvalue weighted by Crippen LogP contribution is 2.26. The summed E-state index contributed by atoms with van der Waals surface area (Å²) in [5.41, 5.74) is 3.33. The first-order valence-corrected chi connectivity index (χ1v) is 6.62. The Morgan fingerprint density at radius 3 is 2.61 bits per heavy atom. The molecule has 0 bridgehead atoms. The molecule has 1 aromatic carbocycles. The Morgan fingerprint density at radius 1 is 1.39 bits per heavy atom. The molecule has 0 atom stereocenters. The Hall–Kier alpha value is -1.51. The van der Waals surface area contributed by atoms with Crippen molar-refractivity contribution in [1.82, 2.24) is 0 Å². The third kappa shape index (κ3) is 3.03. The highest BCUT2D eigenvalue weighted by molar-refractivity contribution is 5.71. The van der Waals surface area contributed by atoms with Gasteiger partial charge in [-0.3, -0.25) is 4.79 Å². The van der Waals surface area contributed by atoms with Gasteiger partial charge >= 0.3 is 5.97 Å². The van der Waals surface area contributed by atoms with Crippen LogP contribution in [-0.2, 0) is 11.2 Å². The minimum absolute atomic E-state index is 0.109. The summed E-state index contributed by atoms with van der Waals surface area (Å²) in [7, 11) is 0. The van der Waals surface area contributed by atoms with Gasteiger partial charge in [-0.1, -0.05) is 19.1 Å². The fraction of sp³-hybridized carbons (Fsp3) is 0.533. The molecule has 1 aromatic rings. The first-order valence-electron chi connectivity index (χ1n) is 6.62. The van der Waals surface area contributed by atoms with Crippen LogP contribution in [-0.4, -0.2) is 24.2 Å². The number of carboxylic acids is 1. The van der Waals surface area contributed by atoms with Crippen LogP contribution < -0.4 is 4.90 Å². The number of carbonyl (C=O) groups is 1. The number of anilines is 1. The lowest BCUT2D eigenvalue weighted by atomic mass is 9.97. The van der Waals surface area contributed by atoms with E-state index < -0.39 is 5.97 Å². The van der Waals surface area contributed by atoms with Gasteiger partial charge in [-0.05, 0) is 42.9 Å². The summed E-state index contributed by atoms with van der Waals surface area (Å²) < 4.78 is 0. The molecule has 1 aliphatic rings. The number of carboxylic acid groups (broad SMARTS) is 1. The van der Waals surface area contributed by atoms with Crippen molar-refractivity contribution in [1.29, 1.82) is 0 Å². The summed E-state index contributed by atoms with van der Waals surface area (Å²) in [4.78, 5) is 13.1. The molecule has 0 aliphatic carbocycles. The van der Waals surface area contributed by atoms with E-state index in [4.69, 9.17) is 5.11 Å². The lowest BCUT2D eigenvalue weighted by Crippen LogP contribution is -2.33. The van der Waals surface area contributed by atoms with Crippen molar-refractivity contribution < 1.29 is 9.90 Å². The van der Waals surface area contributed by atoms with Crippen molar-refractivity contribution in [3.63, 3.8) is 0 Å². The molecule has 0 unspecified atom stereocenters. The van der Waals surface area contributed by atoms with E-state index in [2.05, 4.69) is 24.8 Å². The van der Waals surface area contributed by atoms with E-state index >= 15 is 0 Å². The highest BCUT2D eigenvalue weighted by atomic mass is 16.4. The quantitative estimate of drug-likeness (QED) is 0.893. The van der Waals surface area contributed by atoms with Crippen LogP contribution in [0.1, 0.15) is 30.9 Å². The van der Waals surface area contributed by atoms with Crippen molar-refractivity contribution in [3.8, 4) is 0 Å². The van der Waals surface area contributed by atoms with Crippen LogP contribution in [0, 0.1) is 12.8 Å². The molecule has 3 nitrogen and oxygen atoms in total. The molecule has 0 spiro atoms. The normalized spacial score (nSPS) is 16.9. The number of aryl methyl sites for hydroxylation is 1. The molecule has 1 saturated heterocycles. The number of benzene rings is 1. The van der Waals surface area contributed by atoms with Gasteiger partial charge in [-0.15, -0.1) is 0 Å². The average molecular weight is 247 g/mol. The summed E-state index contributed by atoms with van der Waals surface area (Å²) in [5.74, 6) is 0.0572. The average Bonchev–Trinajstić information content (AvgIpc) is 2.30. The van der Waals surface area contributed by atoms with Crippen molar-refractivity contribution in [3.05, 3.63) is 29.3 Å². The van der Waals surface area contributed by atoms with Gasteiger partial charge in [0.2, 0.25) is 0 Å². The Morgan fingerprint density at radius 2 is 2.06 bits per heavy atom. The zero-order chi connectivity index (χ0) is 13.1. The van der Waals surface area contributed by atoms with Gasteiger partial charge < -0.3 is 10.0 Å².